The van der Waals surface area contributed by atoms with Crippen LogP contribution in [0.3, 0.4) is 0 Å². The first-order valence-electron chi connectivity index (χ1n) is 3.00. The lowest BCUT2D eigenvalue weighted by Crippen LogP contribution is -2.09. The number of aromatic hydroxyl groups is 1. The summed E-state index contributed by atoms with van der Waals surface area (Å²) in [7, 11) is 1.48. The fourth-order valence-corrected chi connectivity index (χ4v) is 0.699. The van der Waals surface area contributed by atoms with Crippen molar-refractivity contribution in [3.8, 4) is 5.88 Å². The molecule has 12 heavy (non-hydrogen) atoms. The number of aromatic amines is 1. The van der Waals surface area contributed by atoms with Crippen LogP contribution in [0.4, 0.5) is 0 Å². The van der Waals surface area contributed by atoms with E-state index in [0.29, 0.717) is 5.82 Å². The predicted octanol–water partition coefficient (Wildman–Crippen LogP) is 0.0437. The number of hydrogen-bond donors (Lipinski definition) is 2. The predicted molar refractivity (Wildman–Crippen MR) is 44.5 cm³/mol. The second-order valence-corrected chi connectivity index (χ2v) is 1.98. The first-order chi connectivity index (χ1) is 5.22. The molecule has 1 aromatic rings. The second-order valence-electron chi connectivity index (χ2n) is 1.98. The summed E-state index contributed by atoms with van der Waals surface area (Å²) in [5.74, 6) is 0.0262. The van der Waals surface area contributed by atoms with Crippen molar-refractivity contribution >= 4 is 12.4 Å². The van der Waals surface area contributed by atoms with Crippen molar-refractivity contribution < 1.29 is 9.84 Å². The zero-order chi connectivity index (χ0) is 8.27. The van der Waals surface area contributed by atoms with E-state index in [4.69, 9.17) is 9.84 Å². The van der Waals surface area contributed by atoms with Crippen LogP contribution in [0.25, 0.3) is 0 Å². The number of methoxy groups -OCH3 is 1. The van der Waals surface area contributed by atoms with Gasteiger partial charge < -0.3 is 14.8 Å². The van der Waals surface area contributed by atoms with Crippen molar-refractivity contribution in [2.45, 2.75) is 6.61 Å². The lowest BCUT2D eigenvalue weighted by Gasteiger charge is -1.97. The highest BCUT2D eigenvalue weighted by molar-refractivity contribution is 5.85. The molecule has 0 aliphatic carbocycles. The van der Waals surface area contributed by atoms with Gasteiger partial charge in [-0.05, 0) is 0 Å². The Morgan fingerprint density at radius 1 is 1.75 bits per heavy atom. The third kappa shape index (κ3) is 2.89. The van der Waals surface area contributed by atoms with Gasteiger partial charge in [0.1, 0.15) is 12.4 Å². The molecule has 0 saturated carbocycles. The maximum Gasteiger partial charge on any atom is 0.254 e. The second kappa shape index (κ2) is 4.74. The quantitative estimate of drug-likeness (QED) is 0.694. The van der Waals surface area contributed by atoms with E-state index in [1.54, 1.807) is 0 Å². The van der Waals surface area contributed by atoms with Gasteiger partial charge in [0, 0.05) is 7.11 Å². The zero-order valence-corrected chi connectivity index (χ0v) is 7.22. The summed E-state index contributed by atoms with van der Waals surface area (Å²) in [5, 5.41) is 8.83. The molecule has 0 aliphatic rings. The minimum atomic E-state index is -0.385. The summed E-state index contributed by atoms with van der Waals surface area (Å²) in [6.45, 7) is 0.184. The summed E-state index contributed by atoms with van der Waals surface area (Å²) < 4.78 is 4.69. The Kier molecular flexibility index (Phi) is 4.31. The number of H-pyrrole nitrogens is 1. The van der Waals surface area contributed by atoms with Crippen LogP contribution in [0.2, 0.25) is 0 Å². The maximum atomic E-state index is 10.7. The summed E-state index contributed by atoms with van der Waals surface area (Å²) in [6, 6.07) is 0.999. The lowest BCUT2D eigenvalue weighted by atomic mass is 10.5. The fourth-order valence-electron chi connectivity index (χ4n) is 0.699. The van der Waals surface area contributed by atoms with E-state index in [-0.39, 0.29) is 30.5 Å². The van der Waals surface area contributed by atoms with E-state index < -0.39 is 0 Å². The summed E-state index contributed by atoms with van der Waals surface area (Å²) in [4.78, 5) is 16.7. The van der Waals surface area contributed by atoms with Crippen LogP contribution in [0.5, 0.6) is 5.88 Å². The molecule has 0 atom stereocenters. The van der Waals surface area contributed by atoms with E-state index >= 15 is 0 Å². The van der Waals surface area contributed by atoms with Gasteiger partial charge in [-0.25, -0.2) is 0 Å². The molecule has 6 heteroatoms. The normalized spacial score (nSPS) is 9.08. The molecule has 1 rings (SSSR count). The lowest BCUT2D eigenvalue weighted by molar-refractivity contribution is 0.176. The molecule has 0 amide bonds. The standard InChI is InChI=1S/C6H8N2O3.ClH/c1-11-3-4-7-5(9)2-6(10)8-4;/h2H,3H2,1H3,(H2,7,8,9,10);1H. The Hall–Kier alpha value is -1.07. The first kappa shape index (κ1) is 10.9. The molecule has 0 bridgehead atoms. The van der Waals surface area contributed by atoms with Crippen molar-refractivity contribution in [1.29, 1.82) is 0 Å². The van der Waals surface area contributed by atoms with Crippen LogP contribution in [0.15, 0.2) is 10.9 Å². The van der Waals surface area contributed by atoms with Gasteiger partial charge in [0.05, 0.1) is 6.07 Å². The molecule has 68 valence electrons. The topological polar surface area (TPSA) is 75.2 Å². The van der Waals surface area contributed by atoms with Gasteiger partial charge in [0.15, 0.2) is 0 Å². The molecular weight excluding hydrogens is 184 g/mol. The van der Waals surface area contributed by atoms with E-state index in [2.05, 4.69) is 9.97 Å². The average Bonchev–Trinajstić information content (AvgIpc) is 1.85. The van der Waals surface area contributed by atoms with Gasteiger partial charge in [0.2, 0.25) is 5.88 Å². The van der Waals surface area contributed by atoms with Gasteiger partial charge in [-0.1, -0.05) is 0 Å². The smallest absolute Gasteiger partial charge is 0.254 e. The highest BCUT2D eigenvalue weighted by Gasteiger charge is 1.97. The third-order valence-corrected chi connectivity index (χ3v) is 1.06. The minimum absolute atomic E-state index is 0. The summed E-state index contributed by atoms with van der Waals surface area (Å²) in [5.41, 5.74) is -0.385. The van der Waals surface area contributed by atoms with Crippen molar-refractivity contribution in [3.05, 3.63) is 22.2 Å². The number of nitrogens with zero attached hydrogens (tertiary/aromatic N) is 1. The highest BCUT2D eigenvalue weighted by atomic mass is 35.5. The molecule has 0 spiro atoms. The van der Waals surface area contributed by atoms with Gasteiger partial charge >= 0.3 is 0 Å². The van der Waals surface area contributed by atoms with Crippen LogP contribution in [-0.2, 0) is 11.3 Å². The molecule has 0 fully saturated rings. The van der Waals surface area contributed by atoms with E-state index in [1.807, 2.05) is 0 Å². The molecule has 1 aromatic heterocycles. The largest absolute Gasteiger partial charge is 0.493 e. The molecule has 0 unspecified atom stereocenters. The van der Waals surface area contributed by atoms with Crippen LogP contribution >= 0.6 is 12.4 Å². The van der Waals surface area contributed by atoms with Crippen LogP contribution in [-0.4, -0.2) is 22.2 Å². The minimum Gasteiger partial charge on any atom is -0.493 e. The van der Waals surface area contributed by atoms with Crippen molar-refractivity contribution in [1.82, 2.24) is 9.97 Å². The molecule has 0 saturated heterocycles. The molecular formula is C6H9ClN2O3. The van der Waals surface area contributed by atoms with Gasteiger partial charge in [0.25, 0.3) is 5.56 Å². The Bertz CT molecular complexity index is 299. The Labute approximate surface area is 74.8 Å². The van der Waals surface area contributed by atoms with E-state index in [9.17, 15) is 4.79 Å². The molecule has 2 N–H and O–H groups in total. The van der Waals surface area contributed by atoms with Gasteiger partial charge in [-0.15, -0.1) is 12.4 Å². The Balaban J connectivity index is 0.00000121. The number of ether oxygens (including phenoxy) is 1. The van der Waals surface area contributed by atoms with Gasteiger partial charge in [-0.2, -0.15) is 4.98 Å². The Morgan fingerprint density at radius 3 is 2.92 bits per heavy atom. The van der Waals surface area contributed by atoms with Crippen LogP contribution < -0.4 is 5.56 Å². The monoisotopic (exact) mass is 192 g/mol. The van der Waals surface area contributed by atoms with E-state index in [0.717, 1.165) is 6.07 Å². The maximum absolute atomic E-state index is 10.7. The SMILES string of the molecule is COCc1nc(O)cc(=O)[nH]1.Cl. The first-order valence-corrected chi connectivity index (χ1v) is 3.00. The molecule has 0 aromatic carbocycles. The Morgan fingerprint density at radius 2 is 2.42 bits per heavy atom. The van der Waals surface area contributed by atoms with Crippen molar-refractivity contribution in [2.24, 2.45) is 0 Å². The molecule has 0 aliphatic heterocycles. The molecule has 1 heterocycles. The van der Waals surface area contributed by atoms with Gasteiger partial charge in [-0.3, -0.25) is 4.79 Å². The number of rotatable bonds is 2. The highest BCUT2D eigenvalue weighted by Crippen LogP contribution is 1.97. The van der Waals surface area contributed by atoms with Crippen molar-refractivity contribution in [2.75, 3.05) is 7.11 Å². The molecule has 0 radical (unpaired) electrons. The van der Waals surface area contributed by atoms with Crippen LogP contribution in [0.1, 0.15) is 5.82 Å². The van der Waals surface area contributed by atoms with Crippen LogP contribution in [0, 0.1) is 0 Å². The number of aromatic nitrogens is 2. The summed E-state index contributed by atoms with van der Waals surface area (Å²) in [6.07, 6.45) is 0. The number of nitrogens with one attached hydrogen (secondary N) is 1. The number of halogens is 1. The van der Waals surface area contributed by atoms with E-state index in [1.165, 1.54) is 7.11 Å². The fraction of sp³-hybridized carbons (Fsp3) is 0.333. The zero-order valence-electron chi connectivity index (χ0n) is 6.40. The van der Waals surface area contributed by atoms with Crippen molar-refractivity contribution in [3.63, 3.8) is 0 Å². The summed E-state index contributed by atoms with van der Waals surface area (Å²) >= 11 is 0. The molecule has 5 nitrogen and oxygen atoms in total. The number of hydrogen-bond acceptors (Lipinski definition) is 4. The average molecular weight is 193 g/mol. The third-order valence-electron chi connectivity index (χ3n) is 1.06.